The van der Waals surface area contributed by atoms with Crippen molar-refractivity contribution in [1.82, 2.24) is 9.38 Å². The molecule has 3 aromatic rings. The Hall–Kier alpha value is -2.40. The summed E-state index contributed by atoms with van der Waals surface area (Å²) in [5.74, 6) is -0.735. The molecule has 0 fully saturated rings. The number of nitrogens with one attached hydrogen (secondary N) is 1. The summed E-state index contributed by atoms with van der Waals surface area (Å²) in [7, 11) is 0. The maximum atomic E-state index is 13.6. The first-order valence-electron chi connectivity index (χ1n) is 7.73. The van der Waals surface area contributed by atoms with Crippen LogP contribution in [0.5, 0.6) is 0 Å². The van der Waals surface area contributed by atoms with Crippen LogP contribution >= 0.6 is 11.6 Å². The van der Waals surface area contributed by atoms with E-state index in [1.807, 2.05) is 13.8 Å². The van der Waals surface area contributed by atoms with Crippen LogP contribution in [0.15, 0.2) is 36.5 Å². The minimum Gasteiger partial charge on any atom is -0.320 e. The number of pyridine rings is 1. The van der Waals surface area contributed by atoms with Gasteiger partial charge in [0, 0.05) is 16.9 Å². The maximum Gasteiger partial charge on any atom is 0.274 e. The van der Waals surface area contributed by atoms with Crippen LogP contribution in [-0.4, -0.2) is 15.3 Å². The molecule has 0 saturated carbocycles. The summed E-state index contributed by atoms with van der Waals surface area (Å²) < 4.78 is 15.1. The van der Waals surface area contributed by atoms with E-state index >= 15 is 0 Å². The Balaban J connectivity index is 2.04. The van der Waals surface area contributed by atoms with Gasteiger partial charge in [0.2, 0.25) is 0 Å². The SMILES string of the molecule is CCCc1nc2ccc(F)cn2c1C(=O)Nc1ccc(Cl)cc1C. The predicted octanol–water partition coefficient (Wildman–Crippen LogP) is 4.64. The largest absolute Gasteiger partial charge is 0.320 e. The van der Waals surface area contributed by atoms with Crippen molar-refractivity contribution in [2.75, 3.05) is 5.32 Å². The average Bonchev–Trinajstić information content (AvgIpc) is 2.87. The summed E-state index contributed by atoms with van der Waals surface area (Å²) in [4.78, 5) is 17.3. The molecule has 0 aliphatic carbocycles. The Kier molecular flexibility index (Phi) is 4.53. The van der Waals surface area contributed by atoms with E-state index in [1.54, 1.807) is 24.3 Å². The van der Waals surface area contributed by atoms with Crippen LogP contribution < -0.4 is 5.32 Å². The zero-order chi connectivity index (χ0) is 17.3. The van der Waals surface area contributed by atoms with Gasteiger partial charge in [0.1, 0.15) is 17.2 Å². The highest BCUT2D eigenvalue weighted by molar-refractivity contribution is 6.30. The summed E-state index contributed by atoms with van der Waals surface area (Å²) >= 11 is 5.95. The molecule has 24 heavy (non-hydrogen) atoms. The molecular formula is C18H17ClFN3O. The normalized spacial score (nSPS) is 11.0. The fraction of sp³-hybridized carbons (Fsp3) is 0.222. The second kappa shape index (κ2) is 6.61. The average molecular weight is 346 g/mol. The quantitative estimate of drug-likeness (QED) is 0.748. The standard InChI is InChI=1S/C18H17ClFN3O/c1-3-4-15-17(23-10-13(20)6-8-16(23)21-15)18(24)22-14-7-5-12(19)9-11(14)2/h5-10H,3-4H2,1-2H3,(H,22,24). The van der Waals surface area contributed by atoms with Crippen molar-refractivity contribution in [3.63, 3.8) is 0 Å². The molecule has 0 unspecified atom stereocenters. The van der Waals surface area contributed by atoms with Crippen LogP contribution in [0.3, 0.4) is 0 Å². The minimum absolute atomic E-state index is 0.318. The first kappa shape index (κ1) is 16.5. The minimum atomic E-state index is -0.417. The van der Waals surface area contributed by atoms with Crippen molar-refractivity contribution in [3.8, 4) is 0 Å². The molecule has 0 bridgehead atoms. The molecule has 0 radical (unpaired) electrons. The van der Waals surface area contributed by atoms with Crippen molar-refractivity contribution in [1.29, 1.82) is 0 Å². The van der Waals surface area contributed by atoms with Gasteiger partial charge in [-0.05, 0) is 49.2 Å². The third kappa shape index (κ3) is 3.12. The molecule has 3 rings (SSSR count). The van der Waals surface area contributed by atoms with E-state index < -0.39 is 5.82 Å². The lowest BCUT2D eigenvalue weighted by Crippen LogP contribution is -2.17. The zero-order valence-corrected chi connectivity index (χ0v) is 14.2. The third-order valence-corrected chi connectivity index (χ3v) is 4.03. The van der Waals surface area contributed by atoms with Gasteiger partial charge in [-0.25, -0.2) is 9.37 Å². The predicted molar refractivity (Wildman–Crippen MR) is 93.3 cm³/mol. The maximum absolute atomic E-state index is 13.6. The summed E-state index contributed by atoms with van der Waals surface area (Å²) in [6, 6.07) is 8.14. The first-order chi connectivity index (χ1) is 11.5. The Morgan fingerprint density at radius 3 is 2.83 bits per heavy atom. The molecule has 2 aromatic heterocycles. The lowest BCUT2D eigenvalue weighted by molar-refractivity contribution is 0.102. The molecule has 1 amide bonds. The highest BCUT2D eigenvalue weighted by Crippen LogP contribution is 2.22. The van der Waals surface area contributed by atoms with Crippen molar-refractivity contribution in [2.45, 2.75) is 26.7 Å². The molecule has 4 nitrogen and oxygen atoms in total. The number of hydrogen-bond donors (Lipinski definition) is 1. The number of aromatic nitrogens is 2. The summed E-state index contributed by atoms with van der Waals surface area (Å²) in [5, 5.41) is 3.47. The number of rotatable bonds is 4. The van der Waals surface area contributed by atoms with E-state index in [-0.39, 0.29) is 5.91 Å². The second-order valence-electron chi connectivity index (χ2n) is 5.65. The number of carbonyl (C=O) groups excluding carboxylic acids is 1. The van der Waals surface area contributed by atoms with E-state index in [1.165, 1.54) is 16.7 Å². The van der Waals surface area contributed by atoms with Crippen molar-refractivity contribution in [2.24, 2.45) is 0 Å². The lowest BCUT2D eigenvalue weighted by Gasteiger charge is -2.10. The molecule has 124 valence electrons. The number of hydrogen-bond acceptors (Lipinski definition) is 2. The molecule has 1 aromatic carbocycles. The van der Waals surface area contributed by atoms with Crippen molar-refractivity contribution in [3.05, 3.63) is 64.3 Å². The van der Waals surface area contributed by atoms with Crippen LogP contribution in [-0.2, 0) is 6.42 Å². The van der Waals surface area contributed by atoms with E-state index in [0.29, 0.717) is 34.2 Å². The van der Waals surface area contributed by atoms with Gasteiger partial charge < -0.3 is 5.32 Å². The van der Waals surface area contributed by atoms with Gasteiger partial charge >= 0.3 is 0 Å². The van der Waals surface area contributed by atoms with Crippen LogP contribution in [0.2, 0.25) is 5.02 Å². The summed E-state index contributed by atoms with van der Waals surface area (Å²) in [6.45, 7) is 3.87. The number of aryl methyl sites for hydroxylation is 2. The van der Waals surface area contributed by atoms with Crippen molar-refractivity contribution < 1.29 is 9.18 Å². The van der Waals surface area contributed by atoms with Crippen LogP contribution in [0.4, 0.5) is 10.1 Å². The van der Waals surface area contributed by atoms with Gasteiger partial charge in [0.25, 0.3) is 5.91 Å². The fourth-order valence-corrected chi connectivity index (χ4v) is 2.89. The van der Waals surface area contributed by atoms with E-state index in [9.17, 15) is 9.18 Å². The lowest BCUT2D eigenvalue weighted by atomic mass is 10.1. The van der Waals surface area contributed by atoms with E-state index in [2.05, 4.69) is 10.3 Å². The van der Waals surface area contributed by atoms with E-state index in [0.717, 1.165) is 12.0 Å². The smallest absolute Gasteiger partial charge is 0.274 e. The number of imidazole rings is 1. The monoisotopic (exact) mass is 345 g/mol. The highest BCUT2D eigenvalue weighted by atomic mass is 35.5. The zero-order valence-electron chi connectivity index (χ0n) is 13.4. The molecule has 0 spiro atoms. The van der Waals surface area contributed by atoms with Gasteiger partial charge in [0.05, 0.1) is 5.69 Å². The summed E-state index contributed by atoms with van der Waals surface area (Å²) in [5.41, 5.74) is 3.09. The summed E-state index contributed by atoms with van der Waals surface area (Å²) in [6.07, 6.45) is 2.77. The number of carbonyl (C=O) groups is 1. The molecule has 0 aliphatic rings. The van der Waals surface area contributed by atoms with Gasteiger partial charge in [-0.3, -0.25) is 9.20 Å². The van der Waals surface area contributed by atoms with Crippen LogP contribution in [0.25, 0.3) is 5.65 Å². The van der Waals surface area contributed by atoms with Crippen molar-refractivity contribution >= 4 is 28.8 Å². The molecule has 6 heteroatoms. The fourth-order valence-electron chi connectivity index (χ4n) is 2.67. The van der Waals surface area contributed by atoms with Gasteiger partial charge in [-0.2, -0.15) is 0 Å². The Morgan fingerprint density at radius 1 is 1.33 bits per heavy atom. The first-order valence-corrected chi connectivity index (χ1v) is 8.11. The van der Waals surface area contributed by atoms with Crippen LogP contribution in [0, 0.1) is 12.7 Å². The molecule has 0 saturated heterocycles. The second-order valence-corrected chi connectivity index (χ2v) is 6.08. The number of amides is 1. The number of anilines is 1. The molecular weight excluding hydrogens is 329 g/mol. The molecule has 0 aliphatic heterocycles. The topological polar surface area (TPSA) is 46.4 Å². The Labute approximate surface area is 144 Å². The number of nitrogens with zero attached hydrogens (tertiary/aromatic N) is 2. The number of benzene rings is 1. The molecule has 1 N–H and O–H groups in total. The molecule has 2 heterocycles. The number of fused-ring (bicyclic) bond motifs is 1. The van der Waals surface area contributed by atoms with E-state index in [4.69, 9.17) is 11.6 Å². The van der Waals surface area contributed by atoms with Gasteiger partial charge in [0.15, 0.2) is 0 Å². The molecule has 0 atom stereocenters. The highest BCUT2D eigenvalue weighted by Gasteiger charge is 2.19. The Bertz CT molecular complexity index is 920. The Morgan fingerprint density at radius 2 is 2.12 bits per heavy atom. The van der Waals surface area contributed by atoms with Crippen LogP contribution in [0.1, 0.15) is 35.1 Å². The number of halogens is 2. The van der Waals surface area contributed by atoms with Gasteiger partial charge in [-0.15, -0.1) is 0 Å². The van der Waals surface area contributed by atoms with Gasteiger partial charge in [-0.1, -0.05) is 24.9 Å². The third-order valence-electron chi connectivity index (χ3n) is 3.79.